The number of benzene rings is 1. The Morgan fingerprint density at radius 2 is 2.00 bits per heavy atom. The zero-order valence-corrected chi connectivity index (χ0v) is 13.0. The molecule has 0 saturated carbocycles. The summed E-state index contributed by atoms with van der Waals surface area (Å²) in [6.45, 7) is 1.88. The van der Waals surface area contributed by atoms with Crippen molar-refractivity contribution in [2.75, 3.05) is 13.7 Å². The van der Waals surface area contributed by atoms with Gasteiger partial charge in [-0.3, -0.25) is 0 Å². The number of ether oxygens (including phenoxy) is 1. The zero-order chi connectivity index (χ0) is 14.5. The lowest BCUT2D eigenvalue weighted by Crippen LogP contribution is -2.38. The molecule has 0 amide bonds. The fourth-order valence-electron chi connectivity index (χ4n) is 1.56. The number of nitrogens with one attached hydrogen (secondary N) is 1. The van der Waals surface area contributed by atoms with Crippen molar-refractivity contribution in [2.45, 2.75) is 18.7 Å². The number of rotatable bonds is 6. The first-order valence-corrected chi connectivity index (χ1v) is 7.41. The number of carbonyl (C=O) groups is 1. The predicted octanol–water partition coefficient (Wildman–Crippen LogP) is 0.662. The third-order valence-electron chi connectivity index (χ3n) is 2.50. The molecule has 0 aliphatic heterocycles. The van der Waals surface area contributed by atoms with Gasteiger partial charge in [-0.05, 0) is 18.6 Å². The molecule has 0 fully saturated rings. The minimum atomic E-state index is -3.55. The van der Waals surface area contributed by atoms with Gasteiger partial charge < -0.3 is 10.5 Å². The van der Waals surface area contributed by atoms with Crippen molar-refractivity contribution >= 4 is 28.4 Å². The first kappa shape index (κ1) is 18.9. The second-order valence-electron chi connectivity index (χ2n) is 4.16. The summed E-state index contributed by atoms with van der Waals surface area (Å²) in [6, 6.07) is 6.08. The number of sulfonamides is 1. The molecule has 0 bridgehead atoms. The van der Waals surface area contributed by atoms with Crippen molar-refractivity contribution in [3.05, 3.63) is 35.4 Å². The van der Waals surface area contributed by atoms with Gasteiger partial charge in [-0.1, -0.05) is 18.2 Å². The molecule has 8 heteroatoms. The van der Waals surface area contributed by atoms with E-state index in [9.17, 15) is 13.2 Å². The first-order chi connectivity index (χ1) is 8.89. The topological polar surface area (TPSA) is 98.5 Å². The van der Waals surface area contributed by atoms with Crippen molar-refractivity contribution in [1.29, 1.82) is 0 Å². The van der Waals surface area contributed by atoms with Crippen LogP contribution in [0.5, 0.6) is 0 Å². The smallest absolute Gasteiger partial charge is 0.338 e. The molecule has 114 valence electrons. The highest BCUT2D eigenvalue weighted by Crippen LogP contribution is 2.13. The number of nitrogens with two attached hydrogens (primary N) is 1. The van der Waals surface area contributed by atoms with Gasteiger partial charge in [-0.15, -0.1) is 12.4 Å². The van der Waals surface area contributed by atoms with Crippen LogP contribution in [0.2, 0.25) is 0 Å². The third kappa shape index (κ3) is 5.46. The largest absolute Gasteiger partial charge is 0.465 e. The quantitative estimate of drug-likeness (QED) is 0.750. The van der Waals surface area contributed by atoms with E-state index in [4.69, 9.17) is 5.73 Å². The van der Waals surface area contributed by atoms with Gasteiger partial charge in [0, 0.05) is 12.6 Å². The highest BCUT2D eigenvalue weighted by molar-refractivity contribution is 7.88. The molecule has 0 aromatic heterocycles. The van der Waals surface area contributed by atoms with Crippen molar-refractivity contribution in [2.24, 2.45) is 5.73 Å². The molecule has 1 aromatic carbocycles. The van der Waals surface area contributed by atoms with Gasteiger partial charge in [0.1, 0.15) is 0 Å². The van der Waals surface area contributed by atoms with Gasteiger partial charge in [0.25, 0.3) is 0 Å². The minimum Gasteiger partial charge on any atom is -0.465 e. The number of hydrogen-bond acceptors (Lipinski definition) is 5. The van der Waals surface area contributed by atoms with Gasteiger partial charge in [0.05, 0.1) is 18.4 Å². The summed E-state index contributed by atoms with van der Waals surface area (Å²) in [6.07, 6.45) is 0. The van der Waals surface area contributed by atoms with Gasteiger partial charge in [-0.25, -0.2) is 17.9 Å². The van der Waals surface area contributed by atoms with Gasteiger partial charge in [-0.2, -0.15) is 0 Å². The van der Waals surface area contributed by atoms with Crippen LogP contribution in [0.25, 0.3) is 0 Å². The number of hydrogen-bond donors (Lipinski definition) is 2. The third-order valence-corrected chi connectivity index (χ3v) is 3.96. The lowest BCUT2D eigenvalue weighted by molar-refractivity contribution is 0.0600. The molecule has 0 radical (unpaired) electrons. The Morgan fingerprint density at radius 3 is 2.55 bits per heavy atom. The van der Waals surface area contributed by atoms with E-state index in [1.54, 1.807) is 25.1 Å². The molecule has 20 heavy (non-hydrogen) atoms. The number of methoxy groups -OCH3 is 1. The Kier molecular flexibility index (Phi) is 7.74. The zero-order valence-electron chi connectivity index (χ0n) is 11.3. The van der Waals surface area contributed by atoms with E-state index in [0.717, 1.165) is 0 Å². The Labute approximate surface area is 125 Å². The van der Waals surface area contributed by atoms with Crippen LogP contribution in [-0.2, 0) is 20.5 Å². The highest BCUT2D eigenvalue weighted by atomic mass is 35.5. The lowest BCUT2D eigenvalue weighted by Gasteiger charge is -2.13. The van der Waals surface area contributed by atoms with Crippen molar-refractivity contribution < 1.29 is 17.9 Å². The maximum absolute atomic E-state index is 11.9. The standard InChI is InChI=1S/C12H18N2O4S.ClH/c1-9(7-13)14-19(16,17)8-10-5-3-4-6-11(10)12(15)18-2;/h3-6,9,14H,7-8,13H2,1-2H3;1H/t9-;/m0./s1. The molecular formula is C12H19ClN2O4S. The summed E-state index contributed by atoms with van der Waals surface area (Å²) in [5.74, 6) is -0.847. The SMILES string of the molecule is COC(=O)c1ccccc1CS(=O)(=O)N[C@@H](C)CN.Cl. The summed E-state index contributed by atoms with van der Waals surface area (Å²) >= 11 is 0. The summed E-state index contributed by atoms with van der Waals surface area (Å²) in [5.41, 5.74) is 6.01. The van der Waals surface area contributed by atoms with Crippen LogP contribution in [0.1, 0.15) is 22.8 Å². The molecule has 3 N–H and O–H groups in total. The first-order valence-electron chi connectivity index (χ1n) is 5.76. The van der Waals surface area contributed by atoms with E-state index in [-0.39, 0.29) is 36.3 Å². The number of halogens is 1. The Bertz CT molecular complexity index is 548. The minimum absolute atomic E-state index is 0. The normalized spacial score (nSPS) is 12.3. The molecule has 1 aromatic rings. The predicted molar refractivity (Wildman–Crippen MR) is 79.3 cm³/mol. The van der Waals surface area contributed by atoms with Crippen molar-refractivity contribution in [1.82, 2.24) is 4.72 Å². The van der Waals surface area contributed by atoms with Gasteiger partial charge in [0.15, 0.2) is 0 Å². The number of esters is 1. The fraction of sp³-hybridized carbons (Fsp3) is 0.417. The number of carbonyl (C=O) groups excluding carboxylic acids is 1. The van der Waals surface area contributed by atoms with Crippen LogP contribution >= 0.6 is 12.4 Å². The average Bonchev–Trinajstić information content (AvgIpc) is 2.37. The molecule has 0 unspecified atom stereocenters. The summed E-state index contributed by atoms with van der Waals surface area (Å²) in [5, 5.41) is 0. The van der Waals surface area contributed by atoms with Crippen molar-refractivity contribution in [3.8, 4) is 0 Å². The Morgan fingerprint density at radius 1 is 1.40 bits per heavy atom. The van der Waals surface area contributed by atoms with Crippen LogP contribution in [0, 0.1) is 0 Å². The van der Waals surface area contributed by atoms with Crippen LogP contribution in [0.15, 0.2) is 24.3 Å². The van der Waals surface area contributed by atoms with E-state index in [2.05, 4.69) is 9.46 Å². The Hall–Kier alpha value is -1.15. The molecule has 0 spiro atoms. The summed E-state index contributed by atoms with van der Waals surface area (Å²) in [4.78, 5) is 11.5. The van der Waals surface area contributed by atoms with E-state index >= 15 is 0 Å². The van der Waals surface area contributed by atoms with Gasteiger partial charge >= 0.3 is 5.97 Å². The molecule has 0 heterocycles. The maximum atomic E-state index is 11.9. The van der Waals surface area contributed by atoms with Crippen LogP contribution in [-0.4, -0.2) is 34.1 Å². The molecular weight excluding hydrogens is 304 g/mol. The maximum Gasteiger partial charge on any atom is 0.338 e. The Balaban J connectivity index is 0.00000361. The second-order valence-corrected chi connectivity index (χ2v) is 5.92. The molecule has 0 saturated heterocycles. The monoisotopic (exact) mass is 322 g/mol. The fourth-order valence-corrected chi connectivity index (χ4v) is 3.01. The van der Waals surface area contributed by atoms with E-state index in [1.807, 2.05) is 0 Å². The highest BCUT2D eigenvalue weighted by Gasteiger charge is 2.19. The summed E-state index contributed by atoms with van der Waals surface area (Å²) in [7, 11) is -2.30. The molecule has 1 atom stereocenters. The van der Waals surface area contributed by atoms with E-state index in [1.165, 1.54) is 13.2 Å². The summed E-state index contributed by atoms with van der Waals surface area (Å²) < 4.78 is 30.9. The molecule has 0 aliphatic rings. The van der Waals surface area contributed by atoms with Gasteiger partial charge in [0.2, 0.25) is 10.0 Å². The molecule has 0 aliphatic carbocycles. The van der Waals surface area contributed by atoms with Crippen molar-refractivity contribution in [3.63, 3.8) is 0 Å². The second kappa shape index (κ2) is 8.21. The van der Waals surface area contributed by atoms with E-state index < -0.39 is 16.0 Å². The van der Waals surface area contributed by atoms with E-state index in [0.29, 0.717) is 5.56 Å². The van der Waals surface area contributed by atoms with Crippen LogP contribution < -0.4 is 10.5 Å². The van der Waals surface area contributed by atoms with Crippen LogP contribution in [0.4, 0.5) is 0 Å². The molecule has 1 rings (SSSR count). The molecule has 6 nitrogen and oxygen atoms in total. The average molecular weight is 323 g/mol. The lowest BCUT2D eigenvalue weighted by atomic mass is 10.1. The van der Waals surface area contributed by atoms with Crippen LogP contribution in [0.3, 0.4) is 0 Å².